The molecule has 3 amide bonds. The van der Waals surface area contributed by atoms with Crippen molar-refractivity contribution in [1.29, 1.82) is 0 Å². The van der Waals surface area contributed by atoms with E-state index in [1.807, 2.05) is 35.1 Å². The van der Waals surface area contributed by atoms with Gasteiger partial charge in [-0.25, -0.2) is 17.9 Å². The topological polar surface area (TPSA) is 104 Å². The van der Waals surface area contributed by atoms with E-state index in [1.54, 1.807) is 18.2 Å². The number of carbonyl (C=O) groups is 2. The molecule has 7 nitrogen and oxygen atoms in total. The summed E-state index contributed by atoms with van der Waals surface area (Å²) in [5, 5.41) is 2.63. The van der Waals surface area contributed by atoms with Crippen LogP contribution in [0.1, 0.15) is 10.4 Å². The first kappa shape index (κ1) is 20.4. The van der Waals surface area contributed by atoms with E-state index in [2.05, 4.69) is 10.0 Å². The molecule has 0 heterocycles. The van der Waals surface area contributed by atoms with Gasteiger partial charge in [-0.05, 0) is 60.5 Å². The zero-order valence-electron chi connectivity index (χ0n) is 15.0. The van der Waals surface area contributed by atoms with Gasteiger partial charge in [-0.15, -0.1) is 0 Å². The quantitative estimate of drug-likeness (QED) is 0.521. The molecule has 0 aromatic heterocycles. The number of carbonyl (C=O) groups excluding carboxylic acids is 2. The van der Waals surface area contributed by atoms with Crippen LogP contribution in [-0.2, 0) is 10.0 Å². The van der Waals surface area contributed by atoms with Crippen LogP contribution in [0.3, 0.4) is 0 Å². The number of benzene rings is 3. The van der Waals surface area contributed by atoms with Gasteiger partial charge in [-0.3, -0.25) is 9.52 Å². The lowest BCUT2D eigenvalue weighted by molar-refractivity contribution is 0.0981. The van der Waals surface area contributed by atoms with E-state index in [0.717, 1.165) is 4.90 Å². The fourth-order valence-corrected chi connectivity index (χ4v) is 3.84. The third-order valence-corrected chi connectivity index (χ3v) is 5.83. The van der Waals surface area contributed by atoms with Crippen molar-refractivity contribution in [3.05, 3.63) is 90.5 Å². The van der Waals surface area contributed by atoms with E-state index in [-0.39, 0.29) is 10.5 Å². The fourth-order valence-electron chi connectivity index (χ4n) is 2.29. The third kappa shape index (κ3) is 5.84. The maximum Gasteiger partial charge on any atom is 0.329 e. The van der Waals surface area contributed by atoms with E-state index >= 15 is 0 Å². The molecule has 0 radical (unpaired) electrons. The Hall–Kier alpha value is -3.30. The second-order valence-corrected chi connectivity index (χ2v) is 8.36. The Morgan fingerprint density at radius 2 is 1.34 bits per heavy atom. The normalized spacial score (nSPS) is 10.8. The Bertz CT molecular complexity index is 1090. The molecule has 0 bridgehead atoms. The minimum Gasteiger partial charge on any atom is -0.307 e. The van der Waals surface area contributed by atoms with E-state index in [9.17, 15) is 18.0 Å². The van der Waals surface area contributed by atoms with Gasteiger partial charge in [0.15, 0.2) is 0 Å². The van der Waals surface area contributed by atoms with E-state index in [1.165, 1.54) is 48.3 Å². The Kier molecular flexibility index (Phi) is 6.53. The number of urea groups is 1. The van der Waals surface area contributed by atoms with Crippen molar-refractivity contribution in [2.45, 2.75) is 9.79 Å². The van der Waals surface area contributed by atoms with Crippen LogP contribution in [0, 0.1) is 0 Å². The second-order valence-electron chi connectivity index (χ2n) is 5.80. The molecule has 0 aliphatic carbocycles. The van der Waals surface area contributed by atoms with Gasteiger partial charge < -0.3 is 5.32 Å². The summed E-state index contributed by atoms with van der Waals surface area (Å²) in [6, 6.07) is 22.4. The van der Waals surface area contributed by atoms with Crippen LogP contribution in [0.15, 0.2) is 94.7 Å². The summed E-state index contributed by atoms with van der Waals surface area (Å²) in [5.74, 6) is -0.760. The number of nitrogens with one attached hydrogen (secondary N) is 3. The Balaban J connectivity index is 1.56. The highest BCUT2D eigenvalue weighted by Gasteiger charge is 2.18. The molecule has 148 valence electrons. The Labute approximate surface area is 172 Å². The molecule has 0 spiro atoms. The summed E-state index contributed by atoms with van der Waals surface area (Å²) >= 11 is 1.17. The number of sulfonamides is 1. The molecule has 3 N–H and O–H groups in total. The fraction of sp³-hybridized carbons (Fsp3) is 0. The van der Waals surface area contributed by atoms with Crippen molar-refractivity contribution in [1.82, 2.24) is 9.44 Å². The summed E-state index contributed by atoms with van der Waals surface area (Å²) in [7, 11) is -3.95. The highest BCUT2D eigenvalue weighted by atomic mass is 32.2. The van der Waals surface area contributed by atoms with Crippen LogP contribution < -0.4 is 14.8 Å². The summed E-state index contributed by atoms with van der Waals surface area (Å²) in [6.45, 7) is 0. The van der Waals surface area contributed by atoms with Crippen molar-refractivity contribution < 1.29 is 18.0 Å². The lowest BCUT2D eigenvalue weighted by Crippen LogP contribution is -2.30. The van der Waals surface area contributed by atoms with Gasteiger partial charge in [0.2, 0.25) is 0 Å². The molecule has 0 aliphatic heterocycles. The van der Waals surface area contributed by atoms with Crippen molar-refractivity contribution in [3.8, 4) is 0 Å². The van der Waals surface area contributed by atoms with Gasteiger partial charge in [-0.1, -0.05) is 36.4 Å². The van der Waals surface area contributed by atoms with Gasteiger partial charge in [0, 0.05) is 16.1 Å². The first-order valence-electron chi connectivity index (χ1n) is 8.45. The zero-order valence-corrected chi connectivity index (χ0v) is 16.7. The van der Waals surface area contributed by atoms with Crippen molar-refractivity contribution in [2.24, 2.45) is 0 Å². The first-order valence-corrected chi connectivity index (χ1v) is 10.8. The maximum absolute atomic E-state index is 12.2. The molecular weight excluding hydrogens is 410 g/mol. The molecular formula is C20H17N3O4S2. The Morgan fingerprint density at radius 3 is 1.97 bits per heavy atom. The minimum absolute atomic E-state index is 0.000719. The summed E-state index contributed by atoms with van der Waals surface area (Å²) in [4.78, 5) is 25.1. The zero-order chi connectivity index (χ0) is 20.7. The molecule has 0 saturated carbocycles. The predicted octanol–water partition coefficient (Wildman–Crippen LogP) is 3.63. The highest BCUT2D eigenvalue weighted by Crippen LogP contribution is 2.15. The van der Waals surface area contributed by atoms with Crippen LogP contribution in [0.25, 0.3) is 0 Å². The lowest BCUT2D eigenvalue weighted by atomic mass is 10.2. The van der Waals surface area contributed by atoms with Crippen LogP contribution >= 0.6 is 11.9 Å². The molecule has 0 atom stereocenters. The second kappa shape index (κ2) is 9.26. The first-order chi connectivity index (χ1) is 13.9. The van der Waals surface area contributed by atoms with Gasteiger partial charge in [0.05, 0.1) is 4.90 Å². The summed E-state index contributed by atoms with van der Waals surface area (Å²) in [5.41, 5.74) is 0.604. The van der Waals surface area contributed by atoms with E-state index in [4.69, 9.17) is 0 Å². The molecule has 0 fully saturated rings. The number of hydrogen-bond donors (Lipinski definition) is 3. The van der Waals surface area contributed by atoms with E-state index < -0.39 is 22.0 Å². The SMILES string of the molecule is O=C(NSc1ccccc1)Nc1ccc(C(=O)NS(=O)(=O)c2ccccc2)cc1. The van der Waals surface area contributed by atoms with Crippen LogP contribution in [0.2, 0.25) is 0 Å². The maximum atomic E-state index is 12.2. The smallest absolute Gasteiger partial charge is 0.307 e. The van der Waals surface area contributed by atoms with Crippen LogP contribution in [-0.4, -0.2) is 20.4 Å². The highest BCUT2D eigenvalue weighted by molar-refractivity contribution is 7.98. The average molecular weight is 428 g/mol. The summed E-state index contributed by atoms with van der Waals surface area (Å²) < 4.78 is 29.1. The largest absolute Gasteiger partial charge is 0.329 e. The van der Waals surface area contributed by atoms with Crippen LogP contribution in [0.5, 0.6) is 0 Å². The minimum atomic E-state index is -3.95. The van der Waals surface area contributed by atoms with E-state index in [0.29, 0.717) is 5.69 Å². The van der Waals surface area contributed by atoms with Gasteiger partial charge in [0.1, 0.15) is 0 Å². The molecule has 3 aromatic carbocycles. The van der Waals surface area contributed by atoms with Gasteiger partial charge in [-0.2, -0.15) is 0 Å². The number of amides is 3. The number of hydrogen-bond acceptors (Lipinski definition) is 5. The molecule has 3 aromatic rings. The standard InChI is InChI=1S/C20H17N3O4S2/c24-19(23-29(26,27)18-9-5-2-6-10-18)15-11-13-16(14-12-15)21-20(25)22-28-17-7-3-1-4-8-17/h1-14H,(H,23,24)(H2,21,22,25). The summed E-state index contributed by atoms with van der Waals surface area (Å²) in [6.07, 6.45) is 0. The molecule has 0 aliphatic rings. The number of anilines is 1. The lowest BCUT2D eigenvalue weighted by Gasteiger charge is -2.09. The van der Waals surface area contributed by atoms with Gasteiger partial charge in [0.25, 0.3) is 15.9 Å². The van der Waals surface area contributed by atoms with Crippen molar-refractivity contribution >= 4 is 39.6 Å². The third-order valence-electron chi connectivity index (χ3n) is 3.69. The molecule has 0 unspecified atom stereocenters. The predicted molar refractivity (Wildman–Crippen MR) is 112 cm³/mol. The monoisotopic (exact) mass is 427 g/mol. The molecule has 9 heteroatoms. The average Bonchev–Trinajstić information content (AvgIpc) is 2.74. The van der Waals surface area contributed by atoms with Crippen molar-refractivity contribution in [3.63, 3.8) is 0 Å². The van der Waals surface area contributed by atoms with Crippen LogP contribution in [0.4, 0.5) is 10.5 Å². The molecule has 3 rings (SSSR count). The van der Waals surface area contributed by atoms with Crippen molar-refractivity contribution in [2.75, 3.05) is 5.32 Å². The molecule has 29 heavy (non-hydrogen) atoms. The molecule has 0 saturated heterocycles. The van der Waals surface area contributed by atoms with Gasteiger partial charge >= 0.3 is 6.03 Å². The number of rotatable bonds is 6. The Morgan fingerprint density at radius 1 is 0.759 bits per heavy atom.